The van der Waals surface area contributed by atoms with Gasteiger partial charge in [-0.2, -0.15) is 0 Å². The molecule has 1 amide bonds. The number of benzene rings is 2. The molecule has 9 nitrogen and oxygen atoms in total. The van der Waals surface area contributed by atoms with Crippen molar-refractivity contribution in [2.75, 3.05) is 4.90 Å². The average molecular weight is 462 g/mol. The van der Waals surface area contributed by atoms with Crippen LogP contribution in [0.3, 0.4) is 0 Å². The lowest BCUT2D eigenvalue weighted by atomic mass is 9.97. The Morgan fingerprint density at radius 1 is 1.12 bits per heavy atom. The minimum atomic E-state index is -0.920. The van der Waals surface area contributed by atoms with Crippen LogP contribution < -0.4 is 10.3 Å². The van der Waals surface area contributed by atoms with Crippen LogP contribution in [0.2, 0.25) is 0 Å². The normalized spacial score (nSPS) is 15.3. The van der Waals surface area contributed by atoms with E-state index in [1.165, 1.54) is 34.4 Å². The number of nitro groups is 1. The van der Waals surface area contributed by atoms with Crippen molar-refractivity contribution >= 4 is 39.0 Å². The Kier molecular flexibility index (Phi) is 5.01. The van der Waals surface area contributed by atoms with Gasteiger partial charge in [-0.25, -0.2) is 0 Å². The number of non-ortho nitro benzene ring substituents is 1. The molecule has 10 heteroatoms. The maximum absolute atomic E-state index is 13.7. The summed E-state index contributed by atoms with van der Waals surface area (Å²) in [6.45, 7) is 3.90. The molecule has 0 radical (unpaired) electrons. The number of rotatable bonds is 5. The highest BCUT2D eigenvalue weighted by Crippen LogP contribution is 2.42. The zero-order valence-electron chi connectivity index (χ0n) is 17.8. The maximum atomic E-state index is 13.7. The second-order valence-corrected chi connectivity index (χ2v) is 8.66. The number of aromatic nitrogens is 2. The van der Waals surface area contributed by atoms with E-state index in [1.807, 2.05) is 19.9 Å². The van der Waals surface area contributed by atoms with Gasteiger partial charge in [0.2, 0.25) is 10.9 Å². The summed E-state index contributed by atoms with van der Waals surface area (Å²) in [5.74, 6) is -0.611. The summed E-state index contributed by atoms with van der Waals surface area (Å²) in [4.78, 5) is 39.4. The molecule has 0 fully saturated rings. The van der Waals surface area contributed by atoms with E-state index in [1.54, 1.807) is 18.2 Å². The lowest BCUT2D eigenvalue weighted by Gasteiger charge is -2.21. The van der Waals surface area contributed by atoms with Crippen molar-refractivity contribution in [3.63, 3.8) is 0 Å². The zero-order chi connectivity index (χ0) is 23.3. The SMILES string of the molecule is CCc1ccc2oc3c(c(=O)c2c1)C(c1cccc([N+](=O)[O-])c1)N(c1nnc(CC)s1)C3=O. The number of aryl methyl sites for hydroxylation is 2. The van der Waals surface area contributed by atoms with Gasteiger partial charge in [0.25, 0.3) is 11.6 Å². The molecule has 1 aliphatic rings. The van der Waals surface area contributed by atoms with E-state index in [0.29, 0.717) is 28.1 Å². The molecule has 5 rings (SSSR count). The average Bonchev–Trinajstić information content (AvgIpc) is 3.41. The predicted octanol–water partition coefficient (Wildman–Crippen LogP) is 4.43. The number of nitrogens with zero attached hydrogens (tertiary/aromatic N) is 4. The van der Waals surface area contributed by atoms with E-state index in [2.05, 4.69) is 10.2 Å². The molecular formula is C23H18N4O5S. The van der Waals surface area contributed by atoms with Crippen LogP contribution in [-0.2, 0) is 12.8 Å². The van der Waals surface area contributed by atoms with Crippen molar-refractivity contribution in [3.05, 3.63) is 90.3 Å². The summed E-state index contributed by atoms with van der Waals surface area (Å²) in [6, 6.07) is 10.3. The van der Waals surface area contributed by atoms with E-state index in [9.17, 15) is 19.7 Å². The van der Waals surface area contributed by atoms with E-state index in [-0.39, 0.29) is 22.4 Å². The first kappa shape index (κ1) is 21.0. The van der Waals surface area contributed by atoms with Crippen LogP contribution >= 0.6 is 11.3 Å². The number of carbonyl (C=O) groups excluding carboxylic acids is 1. The monoisotopic (exact) mass is 462 g/mol. The number of fused-ring (bicyclic) bond motifs is 2. The van der Waals surface area contributed by atoms with Gasteiger partial charge < -0.3 is 4.42 Å². The molecule has 0 aliphatic carbocycles. The van der Waals surface area contributed by atoms with Gasteiger partial charge in [-0.1, -0.05) is 43.4 Å². The van der Waals surface area contributed by atoms with Crippen molar-refractivity contribution in [1.29, 1.82) is 0 Å². The summed E-state index contributed by atoms with van der Waals surface area (Å²) in [5, 5.41) is 21.1. The van der Waals surface area contributed by atoms with E-state index in [4.69, 9.17) is 4.42 Å². The van der Waals surface area contributed by atoms with Gasteiger partial charge in [-0.05, 0) is 36.1 Å². The minimum Gasteiger partial charge on any atom is -0.450 e. The highest BCUT2D eigenvalue weighted by Gasteiger charge is 2.45. The fourth-order valence-corrected chi connectivity index (χ4v) is 4.85. The first-order valence-corrected chi connectivity index (χ1v) is 11.2. The maximum Gasteiger partial charge on any atom is 0.297 e. The highest BCUT2D eigenvalue weighted by atomic mass is 32.1. The molecule has 0 spiro atoms. The summed E-state index contributed by atoms with van der Waals surface area (Å²) in [5.41, 5.74) is 1.36. The van der Waals surface area contributed by atoms with Gasteiger partial charge in [0, 0.05) is 12.1 Å². The fourth-order valence-electron chi connectivity index (χ4n) is 4.05. The minimum absolute atomic E-state index is 0.0819. The largest absolute Gasteiger partial charge is 0.450 e. The topological polar surface area (TPSA) is 119 Å². The molecule has 1 unspecified atom stereocenters. The molecule has 1 aliphatic heterocycles. The van der Waals surface area contributed by atoms with Gasteiger partial charge in [0.1, 0.15) is 10.6 Å². The number of hydrogen-bond acceptors (Lipinski definition) is 8. The van der Waals surface area contributed by atoms with Gasteiger partial charge in [-0.3, -0.25) is 24.6 Å². The lowest BCUT2D eigenvalue weighted by Crippen LogP contribution is -2.29. The van der Waals surface area contributed by atoms with Crippen molar-refractivity contribution in [3.8, 4) is 0 Å². The summed E-state index contributed by atoms with van der Waals surface area (Å²) >= 11 is 1.23. The second-order valence-electron chi connectivity index (χ2n) is 7.62. The molecule has 2 aromatic heterocycles. The molecule has 4 aromatic rings. The lowest BCUT2D eigenvalue weighted by molar-refractivity contribution is -0.384. The van der Waals surface area contributed by atoms with Crippen LogP contribution in [0.4, 0.5) is 10.8 Å². The smallest absolute Gasteiger partial charge is 0.297 e. The van der Waals surface area contributed by atoms with Crippen LogP contribution in [0.5, 0.6) is 0 Å². The number of carbonyl (C=O) groups is 1. The third-order valence-corrected chi connectivity index (χ3v) is 6.77. The quantitative estimate of drug-likeness (QED) is 0.318. The van der Waals surface area contributed by atoms with Crippen molar-refractivity contribution in [2.24, 2.45) is 0 Å². The Labute approximate surface area is 191 Å². The standard InChI is InChI=1S/C23H18N4O5S/c1-3-12-8-9-16-15(10-12)20(28)18-19(13-6-5-7-14(11-13)27(30)31)26(22(29)21(18)32-16)23-25-24-17(4-2)33-23/h5-11,19H,3-4H2,1-2H3. The van der Waals surface area contributed by atoms with Gasteiger partial charge in [-0.15, -0.1) is 10.2 Å². The molecule has 33 heavy (non-hydrogen) atoms. The van der Waals surface area contributed by atoms with Crippen LogP contribution in [0.25, 0.3) is 11.0 Å². The Balaban J connectivity index is 1.80. The fraction of sp³-hybridized carbons (Fsp3) is 0.217. The molecule has 0 saturated carbocycles. The molecule has 0 N–H and O–H groups in total. The van der Waals surface area contributed by atoms with Crippen LogP contribution in [0.1, 0.15) is 52.1 Å². The molecule has 0 saturated heterocycles. The number of amides is 1. The summed E-state index contributed by atoms with van der Waals surface area (Å²) < 4.78 is 5.94. The van der Waals surface area contributed by atoms with Crippen molar-refractivity contribution in [1.82, 2.24) is 10.2 Å². The first-order chi connectivity index (χ1) is 15.9. The molecule has 1 atom stereocenters. The highest BCUT2D eigenvalue weighted by molar-refractivity contribution is 7.15. The Bertz CT molecular complexity index is 1490. The van der Waals surface area contributed by atoms with E-state index >= 15 is 0 Å². The second kappa shape index (κ2) is 7.89. The number of anilines is 1. The third-order valence-electron chi connectivity index (χ3n) is 5.70. The van der Waals surface area contributed by atoms with E-state index < -0.39 is 16.9 Å². The Morgan fingerprint density at radius 2 is 1.94 bits per heavy atom. The molecule has 166 valence electrons. The van der Waals surface area contributed by atoms with E-state index in [0.717, 1.165) is 17.0 Å². The molecule has 0 bridgehead atoms. The zero-order valence-corrected chi connectivity index (χ0v) is 18.6. The number of hydrogen-bond donors (Lipinski definition) is 0. The first-order valence-electron chi connectivity index (χ1n) is 10.4. The Morgan fingerprint density at radius 3 is 2.64 bits per heavy atom. The molecular weight excluding hydrogens is 444 g/mol. The number of nitro benzene ring substituents is 1. The van der Waals surface area contributed by atoms with Crippen LogP contribution in [0.15, 0.2) is 51.7 Å². The third kappa shape index (κ3) is 3.30. The van der Waals surface area contributed by atoms with Crippen molar-refractivity contribution in [2.45, 2.75) is 32.7 Å². The Hall–Kier alpha value is -3.92. The summed E-state index contributed by atoms with van der Waals surface area (Å²) in [7, 11) is 0. The summed E-state index contributed by atoms with van der Waals surface area (Å²) in [6.07, 6.45) is 1.37. The van der Waals surface area contributed by atoms with Crippen LogP contribution in [0, 0.1) is 10.1 Å². The van der Waals surface area contributed by atoms with Gasteiger partial charge in [0.15, 0.2) is 5.43 Å². The molecule has 2 aromatic carbocycles. The molecule has 3 heterocycles. The van der Waals surface area contributed by atoms with Crippen molar-refractivity contribution < 1.29 is 14.1 Å². The van der Waals surface area contributed by atoms with Crippen LogP contribution in [-0.4, -0.2) is 21.0 Å². The van der Waals surface area contributed by atoms with Gasteiger partial charge in [0.05, 0.1) is 21.9 Å². The predicted molar refractivity (Wildman–Crippen MR) is 123 cm³/mol. The van der Waals surface area contributed by atoms with Gasteiger partial charge >= 0.3 is 0 Å².